The van der Waals surface area contributed by atoms with Gasteiger partial charge in [0, 0.05) is 24.9 Å². The number of nitrogens with one attached hydrogen (secondary N) is 3. The van der Waals surface area contributed by atoms with E-state index in [1.54, 1.807) is 13.0 Å². The number of pyridine rings is 1. The molecule has 0 bridgehead atoms. The van der Waals surface area contributed by atoms with Crippen LogP contribution in [-0.4, -0.2) is 48.0 Å². The number of aromatic amines is 1. The standard InChI is InChI=1S/C26H22ClFN4O5/c1-26(12-35-2)25(34)31-18-11-30-24-20(21(18)32-26)15(10-29-24)22(33)14-8-7-13(9-16(14)27)37-23-17(28)5-4-6-19(23)36-3/h4-11,32H,12H2,1-3H3,(H,29,30)(H,31,34)/t26-/m0/s1. The molecule has 190 valence electrons. The maximum absolute atomic E-state index is 14.3. The van der Waals surface area contributed by atoms with Crippen LogP contribution in [0.4, 0.5) is 15.8 Å². The van der Waals surface area contributed by atoms with Crippen molar-refractivity contribution in [3.63, 3.8) is 0 Å². The summed E-state index contributed by atoms with van der Waals surface area (Å²) in [5, 5.41) is 6.65. The number of para-hydroxylation sites is 1. The van der Waals surface area contributed by atoms with E-state index in [2.05, 4.69) is 20.6 Å². The minimum absolute atomic E-state index is 0.0956. The Kier molecular flexibility index (Phi) is 6.22. The van der Waals surface area contributed by atoms with Gasteiger partial charge in [-0.15, -0.1) is 0 Å². The van der Waals surface area contributed by atoms with E-state index in [0.29, 0.717) is 28.0 Å². The molecule has 11 heteroatoms. The summed E-state index contributed by atoms with van der Waals surface area (Å²) >= 11 is 6.48. The molecule has 37 heavy (non-hydrogen) atoms. The van der Waals surface area contributed by atoms with E-state index in [0.717, 1.165) is 0 Å². The number of benzene rings is 2. The second-order valence-corrected chi connectivity index (χ2v) is 9.07. The van der Waals surface area contributed by atoms with E-state index >= 15 is 0 Å². The summed E-state index contributed by atoms with van der Waals surface area (Å²) in [5.74, 6) is -0.923. The first-order chi connectivity index (χ1) is 17.8. The van der Waals surface area contributed by atoms with Crippen LogP contribution in [0.1, 0.15) is 22.8 Å². The van der Waals surface area contributed by atoms with Crippen LogP contribution in [0.2, 0.25) is 5.02 Å². The minimum Gasteiger partial charge on any atom is -0.493 e. The first kappa shape index (κ1) is 24.5. The molecule has 0 spiro atoms. The van der Waals surface area contributed by atoms with Crippen LogP contribution in [0.25, 0.3) is 11.0 Å². The predicted octanol–water partition coefficient (Wildman–Crippen LogP) is 5.16. The number of ether oxygens (including phenoxy) is 3. The van der Waals surface area contributed by atoms with Gasteiger partial charge in [-0.05, 0) is 31.2 Å². The number of fused-ring (bicyclic) bond motifs is 3. The van der Waals surface area contributed by atoms with Gasteiger partial charge in [0.15, 0.2) is 17.3 Å². The van der Waals surface area contributed by atoms with E-state index in [1.807, 2.05) is 0 Å². The number of nitrogens with zero attached hydrogens (tertiary/aromatic N) is 1. The topological polar surface area (TPSA) is 115 Å². The van der Waals surface area contributed by atoms with Crippen LogP contribution in [0.5, 0.6) is 17.2 Å². The molecule has 0 unspecified atom stereocenters. The van der Waals surface area contributed by atoms with Gasteiger partial charge < -0.3 is 29.8 Å². The van der Waals surface area contributed by atoms with Gasteiger partial charge in [0.1, 0.15) is 16.9 Å². The van der Waals surface area contributed by atoms with Crippen molar-refractivity contribution in [1.29, 1.82) is 0 Å². The highest BCUT2D eigenvalue weighted by atomic mass is 35.5. The highest BCUT2D eigenvalue weighted by Gasteiger charge is 2.39. The van der Waals surface area contributed by atoms with Gasteiger partial charge in [-0.25, -0.2) is 9.37 Å². The summed E-state index contributed by atoms with van der Waals surface area (Å²) in [6.07, 6.45) is 3.05. The molecule has 0 aliphatic carbocycles. The summed E-state index contributed by atoms with van der Waals surface area (Å²) in [6, 6.07) is 8.76. The maximum atomic E-state index is 14.3. The Balaban J connectivity index is 1.51. The molecular weight excluding hydrogens is 503 g/mol. The Labute approximate surface area is 215 Å². The normalized spacial score (nSPS) is 16.6. The fourth-order valence-corrected chi connectivity index (χ4v) is 4.49. The fraction of sp³-hybridized carbons (Fsp3) is 0.192. The van der Waals surface area contributed by atoms with E-state index in [4.69, 9.17) is 25.8 Å². The van der Waals surface area contributed by atoms with Gasteiger partial charge in [0.2, 0.25) is 5.75 Å². The van der Waals surface area contributed by atoms with Crippen molar-refractivity contribution in [3.05, 3.63) is 70.8 Å². The molecule has 1 aliphatic heterocycles. The SMILES string of the molecule is COC[C@]1(C)Nc2c(cnc3[nH]cc(C(=O)c4ccc(Oc5c(F)cccc5OC)cc4Cl)c23)NC1=O. The van der Waals surface area contributed by atoms with Gasteiger partial charge in [-0.3, -0.25) is 9.59 Å². The average Bonchev–Trinajstić information content (AvgIpc) is 3.31. The van der Waals surface area contributed by atoms with Crippen molar-refractivity contribution in [2.75, 3.05) is 31.5 Å². The third kappa shape index (κ3) is 4.24. The second kappa shape index (κ2) is 9.38. The Hall–Kier alpha value is -4.15. The molecule has 1 amide bonds. The number of rotatable bonds is 7. The number of halogens is 2. The number of aromatic nitrogens is 2. The van der Waals surface area contributed by atoms with Crippen LogP contribution in [0.3, 0.4) is 0 Å². The molecule has 0 fully saturated rings. The molecule has 0 radical (unpaired) electrons. The lowest BCUT2D eigenvalue weighted by atomic mass is 9.96. The molecule has 3 N–H and O–H groups in total. The summed E-state index contributed by atoms with van der Waals surface area (Å²) in [5.41, 5.74) is 0.873. The average molecular weight is 525 g/mol. The van der Waals surface area contributed by atoms with Gasteiger partial charge in [0.25, 0.3) is 5.91 Å². The smallest absolute Gasteiger partial charge is 0.252 e. The zero-order chi connectivity index (χ0) is 26.3. The summed E-state index contributed by atoms with van der Waals surface area (Å²) in [7, 11) is 2.91. The van der Waals surface area contributed by atoms with Crippen molar-refractivity contribution >= 4 is 45.7 Å². The van der Waals surface area contributed by atoms with Crippen LogP contribution >= 0.6 is 11.6 Å². The molecule has 9 nitrogen and oxygen atoms in total. The maximum Gasteiger partial charge on any atom is 0.252 e. The highest BCUT2D eigenvalue weighted by molar-refractivity contribution is 6.36. The lowest BCUT2D eigenvalue weighted by Crippen LogP contribution is -2.53. The van der Waals surface area contributed by atoms with Crippen molar-refractivity contribution < 1.29 is 28.2 Å². The van der Waals surface area contributed by atoms with Crippen LogP contribution in [-0.2, 0) is 9.53 Å². The van der Waals surface area contributed by atoms with Crippen LogP contribution in [0, 0.1) is 5.82 Å². The second-order valence-electron chi connectivity index (χ2n) is 8.66. The monoisotopic (exact) mass is 524 g/mol. The minimum atomic E-state index is -1.06. The molecule has 0 saturated heterocycles. The largest absolute Gasteiger partial charge is 0.493 e. The number of H-pyrrole nitrogens is 1. The molecule has 0 saturated carbocycles. The third-order valence-corrected chi connectivity index (χ3v) is 6.40. The number of ketones is 1. The zero-order valence-corrected chi connectivity index (χ0v) is 20.8. The van der Waals surface area contributed by atoms with E-state index in [1.165, 1.54) is 56.9 Å². The number of anilines is 2. The van der Waals surface area contributed by atoms with Crippen molar-refractivity contribution in [2.24, 2.45) is 0 Å². The van der Waals surface area contributed by atoms with Gasteiger partial charge >= 0.3 is 0 Å². The molecule has 3 heterocycles. The van der Waals surface area contributed by atoms with E-state index in [9.17, 15) is 14.0 Å². The van der Waals surface area contributed by atoms with Crippen molar-refractivity contribution in [1.82, 2.24) is 9.97 Å². The van der Waals surface area contributed by atoms with Crippen molar-refractivity contribution in [2.45, 2.75) is 12.5 Å². The van der Waals surface area contributed by atoms with E-state index in [-0.39, 0.29) is 46.1 Å². The number of carbonyl (C=O) groups is 2. The van der Waals surface area contributed by atoms with Gasteiger partial charge in [-0.1, -0.05) is 17.7 Å². The molecule has 2 aromatic heterocycles. The Morgan fingerprint density at radius 3 is 2.73 bits per heavy atom. The Morgan fingerprint density at radius 1 is 1.19 bits per heavy atom. The van der Waals surface area contributed by atoms with Crippen molar-refractivity contribution in [3.8, 4) is 17.2 Å². The molecular formula is C26H22ClFN4O5. The zero-order valence-electron chi connectivity index (χ0n) is 20.1. The predicted molar refractivity (Wildman–Crippen MR) is 137 cm³/mol. The lowest BCUT2D eigenvalue weighted by Gasteiger charge is -2.35. The van der Waals surface area contributed by atoms with Gasteiger partial charge in [0.05, 0.1) is 47.3 Å². The number of carbonyl (C=O) groups excluding carboxylic acids is 2. The molecule has 1 aliphatic rings. The number of methoxy groups -OCH3 is 2. The summed E-state index contributed by atoms with van der Waals surface area (Å²) in [4.78, 5) is 33.6. The number of hydrogen-bond acceptors (Lipinski definition) is 7. The quantitative estimate of drug-likeness (QED) is 0.286. The molecule has 4 aromatic rings. The highest BCUT2D eigenvalue weighted by Crippen LogP contribution is 2.40. The molecule has 5 rings (SSSR count). The first-order valence-corrected chi connectivity index (χ1v) is 11.6. The molecule has 2 aromatic carbocycles. The number of hydrogen-bond donors (Lipinski definition) is 3. The summed E-state index contributed by atoms with van der Waals surface area (Å²) in [6.45, 7) is 1.81. The number of amides is 1. The first-order valence-electron chi connectivity index (χ1n) is 11.2. The van der Waals surface area contributed by atoms with Crippen LogP contribution < -0.4 is 20.1 Å². The fourth-order valence-electron chi connectivity index (χ4n) is 4.24. The Bertz CT molecular complexity index is 1560. The van der Waals surface area contributed by atoms with Gasteiger partial charge in [-0.2, -0.15) is 0 Å². The molecule has 1 atom stereocenters. The summed E-state index contributed by atoms with van der Waals surface area (Å²) < 4.78 is 30.3. The third-order valence-electron chi connectivity index (χ3n) is 6.09. The van der Waals surface area contributed by atoms with E-state index < -0.39 is 11.4 Å². The van der Waals surface area contributed by atoms with Crippen LogP contribution in [0.15, 0.2) is 48.8 Å². The lowest BCUT2D eigenvalue weighted by molar-refractivity contribution is -0.121. The Morgan fingerprint density at radius 2 is 2.00 bits per heavy atom.